The number of amides is 3. The Labute approximate surface area is 213 Å². The number of urea groups is 1. The van der Waals surface area contributed by atoms with Gasteiger partial charge in [0.2, 0.25) is 11.9 Å². The minimum atomic E-state index is -0.408. The summed E-state index contributed by atoms with van der Waals surface area (Å²) < 4.78 is 7.49. The van der Waals surface area contributed by atoms with E-state index in [0.717, 1.165) is 22.7 Å². The van der Waals surface area contributed by atoms with Crippen LogP contribution in [0.5, 0.6) is 5.75 Å². The highest BCUT2D eigenvalue weighted by molar-refractivity contribution is 5.93. The first-order chi connectivity index (χ1) is 17.1. The summed E-state index contributed by atoms with van der Waals surface area (Å²) in [6.45, 7) is 12.6. The van der Waals surface area contributed by atoms with Gasteiger partial charge < -0.3 is 15.0 Å². The zero-order valence-corrected chi connectivity index (χ0v) is 22.0. The quantitative estimate of drug-likeness (QED) is 0.423. The zero-order chi connectivity index (χ0) is 26.3. The minimum Gasteiger partial charge on any atom is -0.494 e. The Kier molecular flexibility index (Phi) is 8.74. The molecule has 0 spiro atoms. The molecule has 0 saturated carbocycles. The first kappa shape index (κ1) is 26.8. The summed E-state index contributed by atoms with van der Waals surface area (Å²) in [5, 5.41) is 5.87. The molecule has 1 heterocycles. The molecule has 0 aliphatic carbocycles. The number of aromatic nitrogens is 2. The molecule has 0 fully saturated rings. The van der Waals surface area contributed by atoms with E-state index in [-0.39, 0.29) is 24.4 Å². The number of carbonyl (C=O) groups excluding carboxylic acids is 2. The van der Waals surface area contributed by atoms with E-state index < -0.39 is 5.54 Å². The smallest absolute Gasteiger partial charge is 0.318 e. The summed E-state index contributed by atoms with van der Waals surface area (Å²) in [6, 6.07) is 17.1. The third kappa shape index (κ3) is 7.60. The van der Waals surface area contributed by atoms with Crippen LogP contribution in [-0.2, 0) is 4.79 Å². The normalized spacial score (nSPS) is 11.3. The van der Waals surface area contributed by atoms with Crippen LogP contribution in [0, 0.1) is 5.92 Å². The van der Waals surface area contributed by atoms with E-state index in [0.29, 0.717) is 19.1 Å². The molecule has 0 aliphatic heterocycles. The van der Waals surface area contributed by atoms with Gasteiger partial charge in [-0.1, -0.05) is 50.2 Å². The van der Waals surface area contributed by atoms with Crippen LogP contribution >= 0.6 is 0 Å². The number of hydrogen-bond donors (Lipinski definition) is 2. The molecule has 0 bridgehead atoms. The van der Waals surface area contributed by atoms with E-state index in [4.69, 9.17) is 9.72 Å². The van der Waals surface area contributed by atoms with Crippen LogP contribution in [-0.4, -0.2) is 51.6 Å². The maximum absolute atomic E-state index is 13.2. The van der Waals surface area contributed by atoms with Crippen LogP contribution in [0.2, 0.25) is 0 Å². The van der Waals surface area contributed by atoms with Gasteiger partial charge in [0.05, 0.1) is 18.0 Å². The molecule has 3 aromatic rings. The lowest BCUT2D eigenvalue weighted by molar-refractivity contribution is -0.116. The van der Waals surface area contributed by atoms with Gasteiger partial charge in [0.25, 0.3) is 0 Å². The first-order valence-electron chi connectivity index (χ1n) is 12.3. The number of rotatable bonds is 9. The number of carbonyl (C=O) groups is 2. The predicted molar refractivity (Wildman–Crippen MR) is 143 cm³/mol. The molecule has 0 atom stereocenters. The van der Waals surface area contributed by atoms with E-state index in [2.05, 4.69) is 10.6 Å². The Morgan fingerprint density at radius 2 is 1.81 bits per heavy atom. The van der Waals surface area contributed by atoms with Crippen molar-refractivity contribution in [1.29, 1.82) is 0 Å². The number of anilines is 1. The van der Waals surface area contributed by atoms with Gasteiger partial charge in [-0.2, -0.15) is 0 Å². The SMILES string of the molecule is CCOc1cccc(-n2cc(-c3ccccc3)nc2NC(=O)CN(CC(C)C)C(=O)NC(C)(C)C)c1. The lowest BCUT2D eigenvalue weighted by Gasteiger charge is -2.29. The molecule has 3 amide bonds. The molecule has 8 heteroatoms. The van der Waals surface area contributed by atoms with Crippen molar-refractivity contribution in [1.82, 2.24) is 19.8 Å². The molecule has 8 nitrogen and oxygen atoms in total. The van der Waals surface area contributed by atoms with E-state index >= 15 is 0 Å². The van der Waals surface area contributed by atoms with Gasteiger partial charge in [0.1, 0.15) is 12.3 Å². The van der Waals surface area contributed by atoms with Gasteiger partial charge >= 0.3 is 6.03 Å². The third-order valence-electron chi connectivity index (χ3n) is 5.12. The van der Waals surface area contributed by atoms with Crippen LogP contribution in [0.15, 0.2) is 60.8 Å². The van der Waals surface area contributed by atoms with Crippen LogP contribution in [0.4, 0.5) is 10.7 Å². The van der Waals surface area contributed by atoms with Gasteiger partial charge in [-0.05, 0) is 45.7 Å². The van der Waals surface area contributed by atoms with Crippen molar-refractivity contribution < 1.29 is 14.3 Å². The van der Waals surface area contributed by atoms with Crippen molar-refractivity contribution in [2.45, 2.75) is 47.1 Å². The van der Waals surface area contributed by atoms with Gasteiger partial charge in [0.15, 0.2) is 0 Å². The number of ether oxygens (including phenoxy) is 1. The van der Waals surface area contributed by atoms with E-state index in [9.17, 15) is 9.59 Å². The zero-order valence-electron chi connectivity index (χ0n) is 22.0. The Bertz CT molecular complexity index is 1170. The monoisotopic (exact) mass is 491 g/mol. The van der Waals surface area contributed by atoms with E-state index in [1.807, 2.05) is 107 Å². The number of benzene rings is 2. The van der Waals surface area contributed by atoms with Gasteiger partial charge in [-0.3, -0.25) is 14.7 Å². The Morgan fingerprint density at radius 1 is 1.08 bits per heavy atom. The molecular formula is C28H37N5O3. The second kappa shape index (κ2) is 11.7. The summed E-state index contributed by atoms with van der Waals surface area (Å²) >= 11 is 0. The Hall–Kier alpha value is -3.81. The van der Waals surface area contributed by atoms with Crippen LogP contribution < -0.4 is 15.4 Å². The molecule has 2 N–H and O–H groups in total. The maximum Gasteiger partial charge on any atom is 0.318 e. The standard InChI is InChI=1S/C28H37N5O3/c1-7-36-23-15-11-14-22(16-23)33-18-24(21-12-9-8-10-13-21)29-26(33)30-25(34)19-32(17-20(2)3)27(35)31-28(4,5)6/h8-16,18,20H,7,17,19H2,1-6H3,(H,31,35)(H,29,30,34). The molecule has 0 radical (unpaired) electrons. The number of imidazole rings is 1. The summed E-state index contributed by atoms with van der Waals surface area (Å²) in [5.41, 5.74) is 2.04. The van der Waals surface area contributed by atoms with Crippen molar-refractivity contribution in [2.24, 2.45) is 5.92 Å². The summed E-state index contributed by atoms with van der Waals surface area (Å²) in [7, 11) is 0. The molecule has 1 aromatic heterocycles. The Balaban J connectivity index is 1.90. The average Bonchev–Trinajstić information content (AvgIpc) is 3.22. The molecule has 192 valence electrons. The summed E-state index contributed by atoms with van der Waals surface area (Å²) in [5.74, 6) is 0.973. The average molecular weight is 492 g/mol. The largest absolute Gasteiger partial charge is 0.494 e. The number of hydrogen-bond acceptors (Lipinski definition) is 4. The highest BCUT2D eigenvalue weighted by atomic mass is 16.5. The minimum absolute atomic E-state index is 0.0907. The third-order valence-corrected chi connectivity index (χ3v) is 5.12. The molecular weight excluding hydrogens is 454 g/mol. The fourth-order valence-electron chi connectivity index (χ4n) is 3.70. The second-order valence-corrected chi connectivity index (χ2v) is 10.1. The number of nitrogens with one attached hydrogen (secondary N) is 2. The van der Waals surface area contributed by atoms with E-state index in [1.165, 1.54) is 4.90 Å². The lowest BCUT2D eigenvalue weighted by Crippen LogP contribution is -2.51. The predicted octanol–water partition coefficient (Wildman–Crippen LogP) is 5.34. The summed E-state index contributed by atoms with van der Waals surface area (Å²) in [6.07, 6.45) is 1.88. The maximum atomic E-state index is 13.2. The van der Waals surface area contributed by atoms with Crippen molar-refractivity contribution in [2.75, 3.05) is 25.0 Å². The molecule has 2 aromatic carbocycles. The summed E-state index contributed by atoms with van der Waals surface area (Å²) in [4.78, 5) is 32.3. The van der Waals surface area contributed by atoms with Crippen LogP contribution in [0.1, 0.15) is 41.5 Å². The van der Waals surface area contributed by atoms with Crippen molar-refractivity contribution in [3.05, 3.63) is 60.8 Å². The van der Waals surface area contributed by atoms with Crippen molar-refractivity contribution in [3.63, 3.8) is 0 Å². The lowest BCUT2D eigenvalue weighted by atomic mass is 10.1. The fourth-order valence-corrected chi connectivity index (χ4v) is 3.70. The topological polar surface area (TPSA) is 88.5 Å². The van der Waals surface area contributed by atoms with Crippen LogP contribution in [0.25, 0.3) is 16.9 Å². The van der Waals surface area contributed by atoms with Gasteiger partial charge in [-0.15, -0.1) is 0 Å². The van der Waals surface area contributed by atoms with Gasteiger partial charge in [0, 0.05) is 29.9 Å². The highest BCUT2D eigenvalue weighted by Crippen LogP contribution is 2.26. The molecule has 3 rings (SSSR count). The molecule has 0 saturated heterocycles. The van der Waals surface area contributed by atoms with E-state index in [1.54, 1.807) is 0 Å². The van der Waals surface area contributed by atoms with Crippen molar-refractivity contribution in [3.8, 4) is 22.7 Å². The van der Waals surface area contributed by atoms with Crippen molar-refractivity contribution >= 4 is 17.9 Å². The molecule has 0 aliphatic rings. The molecule has 0 unspecified atom stereocenters. The highest BCUT2D eigenvalue weighted by Gasteiger charge is 2.23. The van der Waals surface area contributed by atoms with Crippen LogP contribution in [0.3, 0.4) is 0 Å². The second-order valence-electron chi connectivity index (χ2n) is 10.1. The Morgan fingerprint density at radius 3 is 2.44 bits per heavy atom. The first-order valence-corrected chi connectivity index (χ1v) is 12.3. The fraction of sp³-hybridized carbons (Fsp3) is 0.393. The molecule has 36 heavy (non-hydrogen) atoms. The number of nitrogens with zero attached hydrogens (tertiary/aromatic N) is 3. The van der Waals surface area contributed by atoms with Gasteiger partial charge in [-0.25, -0.2) is 9.78 Å².